The summed E-state index contributed by atoms with van der Waals surface area (Å²) in [5, 5.41) is 4.96. The summed E-state index contributed by atoms with van der Waals surface area (Å²) in [6, 6.07) is 1.66. The van der Waals surface area contributed by atoms with Gasteiger partial charge in [0.2, 0.25) is 10.0 Å². The third-order valence-corrected chi connectivity index (χ3v) is 5.23. The smallest absolute Gasteiger partial charge is 0.241 e. The Bertz CT molecular complexity index is 472. The summed E-state index contributed by atoms with van der Waals surface area (Å²) >= 11 is 1.46. The van der Waals surface area contributed by atoms with Crippen molar-refractivity contribution in [1.29, 1.82) is 0 Å². The van der Waals surface area contributed by atoms with Gasteiger partial charge in [-0.3, -0.25) is 0 Å². The fourth-order valence-electron chi connectivity index (χ4n) is 1.64. The number of ether oxygens (including phenoxy) is 1. The van der Waals surface area contributed by atoms with E-state index in [0.717, 1.165) is 24.4 Å². The molecule has 0 aliphatic carbocycles. The molecule has 0 atom stereocenters. The molecule has 0 spiro atoms. The molecule has 0 bridgehead atoms. The summed E-state index contributed by atoms with van der Waals surface area (Å²) in [6.45, 7) is 7.17. The van der Waals surface area contributed by atoms with Crippen LogP contribution < -0.4 is 10.0 Å². The molecule has 1 rings (SSSR count). The predicted molar refractivity (Wildman–Crippen MR) is 82.6 cm³/mol. The zero-order chi connectivity index (χ0) is 14.8. The van der Waals surface area contributed by atoms with Crippen molar-refractivity contribution in [2.24, 2.45) is 0 Å². The number of nitrogens with one attached hydrogen (secondary N) is 2. The molecular formula is C13H24N2O3S2. The summed E-state index contributed by atoms with van der Waals surface area (Å²) in [5.41, 5.74) is 0. The van der Waals surface area contributed by atoms with Crippen molar-refractivity contribution in [3.8, 4) is 0 Å². The van der Waals surface area contributed by atoms with Gasteiger partial charge in [0.25, 0.3) is 0 Å². The maximum Gasteiger partial charge on any atom is 0.241 e. The van der Waals surface area contributed by atoms with Gasteiger partial charge in [0, 0.05) is 31.2 Å². The maximum absolute atomic E-state index is 12.2. The lowest BCUT2D eigenvalue weighted by molar-refractivity contribution is 0.133. The summed E-state index contributed by atoms with van der Waals surface area (Å²) in [4.78, 5) is 1.24. The zero-order valence-corrected chi connectivity index (χ0v) is 13.8. The number of hydrogen-bond donors (Lipinski definition) is 2. The van der Waals surface area contributed by atoms with Crippen LogP contribution in [0, 0.1) is 0 Å². The molecule has 0 aliphatic heterocycles. The lowest BCUT2D eigenvalue weighted by atomic mass is 10.4. The van der Waals surface area contributed by atoms with Crippen molar-refractivity contribution in [2.75, 3.05) is 26.3 Å². The number of sulfonamides is 1. The first kappa shape index (κ1) is 17.6. The zero-order valence-electron chi connectivity index (χ0n) is 12.1. The summed E-state index contributed by atoms with van der Waals surface area (Å²) < 4.78 is 32.3. The molecule has 1 aromatic rings. The minimum Gasteiger partial charge on any atom is -0.381 e. The second-order valence-corrected chi connectivity index (χ2v) is 7.09. The van der Waals surface area contributed by atoms with Crippen LogP contribution in [0.1, 0.15) is 31.6 Å². The highest BCUT2D eigenvalue weighted by atomic mass is 32.2. The van der Waals surface area contributed by atoms with Crippen molar-refractivity contribution in [3.05, 3.63) is 16.3 Å². The van der Waals surface area contributed by atoms with Crippen molar-refractivity contribution in [1.82, 2.24) is 10.0 Å². The molecule has 0 amide bonds. The van der Waals surface area contributed by atoms with Crippen molar-refractivity contribution >= 4 is 21.4 Å². The van der Waals surface area contributed by atoms with E-state index >= 15 is 0 Å². The highest BCUT2D eigenvalue weighted by Crippen LogP contribution is 2.21. The Hall–Kier alpha value is -0.470. The molecule has 7 heteroatoms. The van der Waals surface area contributed by atoms with Crippen molar-refractivity contribution in [3.63, 3.8) is 0 Å². The molecular weight excluding hydrogens is 296 g/mol. The van der Waals surface area contributed by atoms with Gasteiger partial charge >= 0.3 is 0 Å². The lowest BCUT2D eigenvalue weighted by Gasteiger charge is -2.08. The molecule has 1 heterocycles. The topological polar surface area (TPSA) is 67.4 Å². The van der Waals surface area contributed by atoms with Crippen LogP contribution in [-0.2, 0) is 21.3 Å². The highest BCUT2D eigenvalue weighted by Gasteiger charge is 2.18. The molecule has 0 radical (unpaired) electrons. The third-order valence-electron chi connectivity index (χ3n) is 2.64. The largest absolute Gasteiger partial charge is 0.381 e. The second-order valence-electron chi connectivity index (χ2n) is 4.35. The Kier molecular flexibility index (Phi) is 8.32. The molecule has 0 unspecified atom stereocenters. The van der Waals surface area contributed by atoms with Gasteiger partial charge in [0.1, 0.15) is 0 Å². The maximum atomic E-state index is 12.2. The molecule has 0 fully saturated rings. The first-order valence-electron chi connectivity index (χ1n) is 6.96. The average molecular weight is 320 g/mol. The van der Waals surface area contributed by atoms with Crippen molar-refractivity contribution < 1.29 is 13.2 Å². The summed E-state index contributed by atoms with van der Waals surface area (Å²) in [7, 11) is -3.41. The molecule has 2 N–H and O–H groups in total. The average Bonchev–Trinajstić information content (AvgIpc) is 2.89. The standard InChI is InChI=1S/C13H24N2O3S2/c1-3-8-18-9-5-7-15-20(16,17)13-6-10-19-12(13)11-14-4-2/h6,10,14-15H,3-5,7-9,11H2,1-2H3. The summed E-state index contributed by atoms with van der Waals surface area (Å²) in [6.07, 6.45) is 1.67. The van der Waals surface area contributed by atoms with Crippen LogP contribution in [0.2, 0.25) is 0 Å². The fraction of sp³-hybridized carbons (Fsp3) is 0.692. The summed E-state index contributed by atoms with van der Waals surface area (Å²) in [5.74, 6) is 0. The van der Waals surface area contributed by atoms with Gasteiger partial charge in [0.15, 0.2) is 0 Å². The highest BCUT2D eigenvalue weighted by molar-refractivity contribution is 7.89. The van der Waals surface area contributed by atoms with E-state index in [1.54, 1.807) is 6.07 Å². The molecule has 116 valence electrons. The van der Waals surface area contributed by atoms with Gasteiger partial charge in [-0.1, -0.05) is 13.8 Å². The number of rotatable bonds is 11. The lowest BCUT2D eigenvalue weighted by Crippen LogP contribution is -2.26. The Morgan fingerprint density at radius 3 is 2.80 bits per heavy atom. The number of thiophene rings is 1. The van der Waals surface area contributed by atoms with Crippen LogP contribution >= 0.6 is 11.3 Å². The van der Waals surface area contributed by atoms with Gasteiger partial charge < -0.3 is 10.1 Å². The SMILES string of the molecule is CCCOCCCNS(=O)(=O)c1ccsc1CNCC. The van der Waals surface area contributed by atoms with E-state index in [1.165, 1.54) is 11.3 Å². The Morgan fingerprint density at radius 2 is 2.10 bits per heavy atom. The second kappa shape index (κ2) is 9.46. The van der Waals surface area contributed by atoms with Crippen LogP contribution in [0.3, 0.4) is 0 Å². The minimum absolute atomic E-state index is 0.387. The Morgan fingerprint density at radius 1 is 1.30 bits per heavy atom. The van der Waals surface area contributed by atoms with Crippen molar-refractivity contribution in [2.45, 2.75) is 38.1 Å². The quantitative estimate of drug-likeness (QED) is 0.612. The first-order chi connectivity index (χ1) is 9.61. The molecule has 0 saturated carbocycles. The van der Waals surface area contributed by atoms with Crippen LogP contribution in [0.25, 0.3) is 0 Å². The molecule has 20 heavy (non-hydrogen) atoms. The monoisotopic (exact) mass is 320 g/mol. The van der Waals surface area contributed by atoms with E-state index in [9.17, 15) is 8.42 Å². The molecule has 1 aromatic heterocycles. The van der Waals surface area contributed by atoms with Crippen LogP contribution in [-0.4, -0.2) is 34.7 Å². The fourth-order valence-corrected chi connectivity index (χ4v) is 4.13. The Labute approximate surface area is 125 Å². The molecule has 0 aliphatic rings. The first-order valence-corrected chi connectivity index (χ1v) is 9.32. The predicted octanol–water partition coefficient (Wildman–Crippen LogP) is 1.95. The normalized spacial score (nSPS) is 11.9. The number of hydrogen-bond acceptors (Lipinski definition) is 5. The van der Waals surface area contributed by atoms with Gasteiger partial charge in [-0.05, 0) is 30.8 Å². The van der Waals surface area contributed by atoms with Crippen LogP contribution in [0.5, 0.6) is 0 Å². The molecule has 0 saturated heterocycles. The van der Waals surface area contributed by atoms with Gasteiger partial charge in [-0.2, -0.15) is 0 Å². The third kappa shape index (κ3) is 5.88. The van der Waals surface area contributed by atoms with E-state index in [2.05, 4.69) is 10.0 Å². The van der Waals surface area contributed by atoms with Gasteiger partial charge in [0.05, 0.1) is 4.90 Å². The van der Waals surface area contributed by atoms with Crippen LogP contribution in [0.15, 0.2) is 16.3 Å². The Balaban J connectivity index is 2.45. The molecule has 5 nitrogen and oxygen atoms in total. The van der Waals surface area contributed by atoms with E-state index in [1.807, 2.05) is 19.2 Å². The van der Waals surface area contributed by atoms with Crippen LogP contribution in [0.4, 0.5) is 0 Å². The molecule has 0 aromatic carbocycles. The van der Waals surface area contributed by atoms with Gasteiger partial charge in [-0.15, -0.1) is 11.3 Å². The van der Waals surface area contributed by atoms with E-state index < -0.39 is 10.0 Å². The minimum atomic E-state index is -3.41. The van der Waals surface area contributed by atoms with E-state index in [0.29, 0.717) is 31.0 Å². The van der Waals surface area contributed by atoms with E-state index in [-0.39, 0.29) is 0 Å². The van der Waals surface area contributed by atoms with E-state index in [4.69, 9.17) is 4.74 Å². The van der Waals surface area contributed by atoms with Gasteiger partial charge in [-0.25, -0.2) is 13.1 Å².